The van der Waals surface area contributed by atoms with Crippen molar-refractivity contribution >= 4 is 35.3 Å². The quantitative estimate of drug-likeness (QED) is 0.188. The summed E-state index contributed by atoms with van der Waals surface area (Å²) in [6, 6.07) is 22.5. The molecule has 1 aliphatic carbocycles. The van der Waals surface area contributed by atoms with E-state index >= 15 is 0 Å². The molecule has 57 heavy (non-hydrogen) atoms. The Hall–Kier alpha value is -5.82. The third-order valence-corrected chi connectivity index (χ3v) is 12.2. The third-order valence-electron chi connectivity index (χ3n) is 12.2. The predicted octanol–water partition coefficient (Wildman–Crippen LogP) is 5.42. The first-order chi connectivity index (χ1) is 27.5. The molecule has 13 nitrogen and oxygen atoms in total. The highest BCUT2D eigenvalue weighted by molar-refractivity contribution is 6.23. The Morgan fingerprint density at radius 1 is 0.860 bits per heavy atom. The van der Waals surface area contributed by atoms with Crippen LogP contribution in [0.2, 0.25) is 0 Å². The van der Waals surface area contributed by atoms with Gasteiger partial charge in [0.15, 0.2) is 0 Å². The van der Waals surface area contributed by atoms with Gasteiger partial charge in [0.2, 0.25) is 17.8 Å². The van der Waals surface area contributed by atoms with Gasteiger partial charge >= 0.3 is 0 Å². The van der Waals surface area contributed by atoms with Crippen LogP contribution in [0.3, 0.4) is 0 Å². The monoisotopic (exact) mass is 770 g/mol. The van der Waals surface area contributed by atoms with Crippen molar-refractivity contribution in [3.05, 3.63) is 107 Å². The normalized spacial score (nSPS) is 22.7. The summed E-state index contributed by atoms with van der Waals surface area (Å²) in [4.78, 5) is 63.1. The van der Waals surface area contributed by atoms with Crippen molar-refractivity contribution in [2.45, 2.75) is 82.6 Å². The van der Waals surface area contributed by atoms with Crippen LogP contribution in [0.25, 0.3) is 0 Å². The minimum absolute atomic E-state index is 0.0148. The molecule has 0 radical (unpaired) electrons. The number of imide groups is 2. The Morgan fingerprint density at radius 3 is 2.26 bits per heavy atom. The lowest BCUT2D eigenvalue weighted by atomic mass is 9.78. The number of rotatable bonds is 11. The lowest BCUT2D eigenvalue weighted by molar-refractivity contribution is -0.136. The van der Waals surface area contributed by atoms with E-state index in [1.54, 1.807) is 24.4 Å². The largest absolute Gasteiger partial charge is 0.488 e. The molecule has 1 spiro atoms. The van der Waals surface area contributed by atoms with Gasteiger partial charge in [0.05, 0.1) is 41.5 Å². The molecule has 2 N–H and O–H groups in total. The van der Waals surface area contributed by atoms with Crippen LogP contribution < -0.4 is 25.0 Å². The average molecular weight is 771 g/mol. The van der Waals surface area contributed by atoms with Crippen LogP contribution in [0.1, 0.15) is 89.9 Å². The fourth-order valence-corrected chi connectivity index (χ4v) is 8.69. The smallest absolute Gasteiger partial charge is 0.262 e. The molecule has 9 rings (SSSR count). The highest BCUT2D eigenvalue weighted by Gasteiger charge is 2.50. The number of aromatic nitrogens is 2. The topological polar surface area (TPSA) is 152 Å². The number of benzene rings is 3. The molecule has 1 saturated carbocycles. The van der Waals surface area contributed by atoms with Gasteiger partial charge in [-0.3, -0.25) is 29.4 Å². The number of carbonyl (C=O) groups excluding carboxylic acids is 4. The molecule has 4 amide bonds. The summed E-state index contributed by atoms with van der Waals surface area (Å²) in [7, 11) is 0. The van der Waals surface area contributed by atoms with Crippen molar-refractivity contribution in [1.82, 2.24) is 20.2 Å². The van der Waals surface area contributed by atoms with Crippen LogP contribution >= 0.6 is 0 Å². The molecule has 0 bridgehead atoms. The van der Waals surface area contributed by atoms with Crippen LogP contribution in [-0.2, 0) is 26.3 Å². The number of nitrogens with zero attached hydrogens (tertiary/aromatic N) is 4. The van der Waals surface area contributed by atoms with Gasteiger partial charge in [-0.15, -0.1) is 0 Å². The van der Waals surface area contributed by atoms with Crippen LogP contribution in [0.5, 0.6) is 11.5 Å². The van der Waals surface area contributed by atoms with E-state index in [0.29, 0.717) is 17.7 Å². The van der Waals surface area contributed by atoms with Crippen molar-refractivity contribution in [2.24, 2.45) is 5.41 Å². The first-order valence-corrected chi connectivity index (χ1v) is 19.8. The van der Waals surface area contributed by atoms with E-state index in [1.807, 2.05) is 30.3 Å². The SMILES string of the molecule is CC(C)(c1ccc(OCc2ccnc(N3CC4(COC4)C3)n2)cc1)c1ccc(OC2CCCC[C@H]2Nc2ccc3c(c2)C(=O)N(C2CCC(=O)NC2=O)C3=O)cc1. The molecule has 294 valence electrons. The van der Waals surface area contributed by atoms with Crippen molar-refractivity contribution in [3.8, 4) is 11.5 Å². The molecule has 5 aliphatic rings. The van der Waals surface area contributed by atoms with Crippen molar-refractivity contribution in [1.29, 1.82) is 0 Å². The van der Waals surface area contributed by atoms with Gasteiger partial charge in [-0.05, 0) is 85.3 Å². The molecule has 4 aromatic rings. The second kappa shape index (κ2) is 14.6. The maximum absolute atomic E-state index is 13.4. The lowest BCUT2D eigenvalue weighted by Crippen LogP contribution is -2.66. The highest BCUT2D eigenvalue weighted by Crippen LogP contribution is 2.39. The number of anilines is 2. The van der Waals surface area contributed by atoms with Gasteiger partial charge in [0.25, 0.3) is 11.8 Å². The Labute approximate surface area is 331 Å². The molecule has 3 aromatic carbocycles. The fourth-order valence-electron chi connectivity index (χ4n) is 8.69. The summed E-state index contributed by atoms with van der Waals surface area (Å²) in [6.45, 7) is 8.30. The van der Waals surface area contributed by atoms with Gasteiger partial charge in [-0.25, -0.2) is 9.97 Å². The predicted molar refractivity (Wildman–Crippen MR) is 210 cm³/mol. The van der Waals surface area contributed by atoms with E-state index in [-0.39, 0.29) is 41.5 Å². The maximum atomic E-state index is 13.4. The first kappa shape index (κ1) is 36.8. The molecule has 1 aromatic heterocycles. The zero-order valence-corrected chi connectivity index (χ0v) is 32.2. The van der Waals surface area contributed by atoms with Gasteiger partial charge < -0.3 is 24.4 Å². The Morgan fingerprint density at radius 2 is 1.56 bits per heavy atom. The van der Waals surface area contributed by atoms with Crippen LogP contribution in [0.15, 0.2) is 79.0 Å². The number of carbonyl (C=O) groups is 4. The minimum atomic E-state index is -0.998. The van der Waals surface area contributed by atoms with E-state index < -0.39 is 29.7 Å². The van der Waals surface area contributed by atoms with Crippen LogP contribution in [0.4, 0.5) is 11.6 Å². The van der Waals surface area contributed by atoms with E-state index in [2.05, 4.69) is 58.6 Å². The molecule has 4 fully saturated rings. The van der Waals surface area contributed by atoms with Gasteiger partial charge in [0, 0.05) is 36.8 Å². The van der Waals surface area contributed by atoms with Crippen molar-refractivity contribution < 1.29 is 33.4 Å². The average Bonchev–Trinajstić information content (AvgIpc) is 3.42. The van der Waals surface area contributed by atoms with E-state index in [1.165, 1.54) is 0 Å². The van der Waals surface area contributed by atoms with Gasteiger partial charge in [-0.1, -0.05) is 44.5 Å². The molecule has 5 heterocycles. The lowest BCUT2D eigenvalue weighted by Gasteiger charge is -2.54. The Balaban J connectivity index is 0.806. The van der Waals surface area contributed by atoms with Crippen molar-refractivity contribution in [3.63, 3.8) is 0 Å². The molecule has 13 heteroatoms. The number of hydrogen-bond acceptors (Lipinski definition) is 11. The van der Waals surface area contributed by atoms with Gasteiger partial charge in [-0.2, -0.15) is 0 Å². The maximum Gasteiger partial charge on any atom is 0.262 e. The zero-order valence-electron chi connectivity index (χ0n) is 32.2. The molecular formula is C44H46N6O7. The molecule has 3 atom stereocenters. The fraction of sp³-hybridized carbons (Fsp3) is 0.409. The highest BCUT2D eigenvalue weighted by atomic mass is 16.5. The van der Waals surface area contributed by atoms with E-state index in [9.17, 15) is 19.2 Å². The Bertz CT molecular complexity index is 2210. The summed E-state index contributed by atoms with van der Waals surface area (Å²) in [5.74, 6) is 0.238. The molecule has 2 unspecified atom stereocenters. The van der Waals surface area contributed by atoms with Crippen molar-refractivity contribution in [2.75, 3.05) is 36.5 Å². The van der Waals surface area contributed by atoms with Gasteiger partial charge in [0.1, 0.15) is 30.3 Å². The summed E-state index contributed by atoms with van der Waals surface area (Å²) in [6.07, 6.45) is 5.73. The molecular weight excluding hydrogens is 725 g/mol. The molecule has 4 aliphatic heterocycles. The first-order valence-electron chi connectivity index (χ1n) is 19.8. The number of fused-ring (bicyclic) bond motifs is 1. The second-order valence-electron chi connectivity index (χ2n) is 16.6. The standard InChI is InChI=1S/C44H46N6O7/c1-43(2,27-7-12-31(13-8-27)56-22-30-19-20-45-42(47-30)49-23-44(24-49)25-55-26-44)28-9-14-32(15-10-28)57-37-6-4-3-5-35(37)46-29-11-16-33-34(21-29)41(54)50(40(33)53)36-17-18-38(51)48-39(36)52/h7-16,19-21,35-37,46H,3-6,17-18,22-26H2,1-2H3,(H,48,51,52)/t35-,36?,37?/m1/s1. The number of hydrogen-bond donors (Lipinski definition) is 2. The number of nitrogens with one attached hydrogen (secondary N) is 2. The summed E-state index contributed by atoms with van der Waals surface area (Å²) >= 11 is 0. The van der Waals surface area contributed by atoms with Crippen LogP contribution in [0, 0.1) is 5.41 Å². The minimum Gasteiger partial charge on any atom is -0.488 e. The van der Waals surface area contributed by atoms with E-state index in [0.717, 1.165) is 91.2 Å². The second-order valence-corrected chi connectivity index (χ2v) is 16.6. The number of ether oxygens (including phenoxy) is 3. The Kier molecular flexibility index (Phi) is 9.42. The summed E-state index contributed by atoms with van der Waals surface area (Å²) in [5.41, 5.74) is 4.39. The summed E-state index contributed by atoms with van der Waals surface area (Å²) < 4.78 is 18.1. The zero-order chi connectivity index (χ0) is 39.3. The number of piperidine rings is 1. The molecule has 3 saturated heterocycles. The third kappa shape index (κ3) is 7.09. The van der Waals surface area contributed by atoms with Crippen LogP contribution in [-0.4, -0.2) is 83.0 Å². The van der Waals surface area contributed by atoms with E-state index in [4.69, 9.17) is 19.2 Å². The summed E-state index contributed by atoms with van der Waals surface area (Å²) in [5, 5.41) is 5.81. The number of amides is 4.